The van der Waals surface area contributed by atoms with Crippen molar-refractivity contribution >= 4 is 39.2 Å². The minimum absolute atomic E-state index is 0.197. The number of benzene rings is 2. The molecule has 1 heterocycles. The van der Waals surface area contributed by atoms with Gasteiger partial charge in [0.1, 0.15) is 0 Å². The smallest absolute Gasteiger partial charge is 0.338 e. The van der Waals surface area contributed by atoms with E-state index in [-0.39, 0.29) is 18.4 Å². The molecular formula is C20H21NO5S2. The molecule has 0 bridgehead atoms. The standard InChI is InChI=1S/C20H21NO5S2/c1-13-10-16-11-15(6-9-18(16)21(13)28(3,24)25)19(22)12-26-20(23)14-4-7-17(27-2)8-5-14/h4-9,11,13H,10,12H2,1-3H3/t13-/m0/s1. The zero-order chi connectivity index (χ0) is 20.5. The fraction of sp³-hybridized carbons (Fsp3) is 0.300. The summed E-state index contributed by atoms with van der Waals surface area (Å²) in [4.78, 5) is 25.6. The second-order valence-electron chi connectivity index (χ2n) is 6.68. The number of anilines is 1. The van der Waals surface area contributed by atoms with Crippen LogP contribution in [0.15, 0.2) is 47.4 Å². The van der Waals surface area contributed by atoms with Crippen molar-refractivity contribution in [3.05, 3.63) is 59.2 Å². The lowest BCUT2D eigenvalue weighted by Crippen LogP contribution is -2.34. The average Bonchev–Trinajstić information content (AvgIpc) is 3.00. The number of sulfonamides is 1. The molecule has 8 heteroatoms. The first-order chi connectivity index (χ1) is 13.2. The molecule has 0 radical (unpaired) electrons. The summed E-state index contributed by atoms with van der Waals surface area (Å²) in [6.45, 7) is 1.46. The molecule has 0 N–H and O–H groups in total. The molecular weight excluding hydrogens is 398 g/mol. The molecule has 0 unspecified atom stereocenters. The van der Waals surface area contributed by atoms with Gasteiger partial charge in [0.05, 0.1) is 17.5 Å². The van der Waals surface area contributed by atoms with E-state index in [1.807, 2.05) is 25.3 Å². The topological polar surface area (TPSA) is 80.8 Å². The Labute approximate surface area is 168 Å². The molecule has 1 aliphatic rings. The number of nitrogens with zero attached hydrogens (tertiary/aromatic N) is 1. The maximum Gasteiger partial charge on any atom is 0.338 e. The molecule has 2 aromatic carbocycles. The van der Waals surface area contributed by atoms with Crippen molar-refractivity contribution in [2.75, 3.05) is 23.4 Å². The van der Waals surface area contributed by atoms with Gasteiger partial charge >= 0.3 is 5.97 Å². The van der Waals surface area contributed by atoms with Gasteiger partial charge < -0.3 is 4.74 Å². The molecule has 0 saturated carbocycles. The van der Waals surface area contributed by atoms with Crippen molar-refractivity contribution < 1.29 is 22.7 Å². The van der Waals surface area contributed by atoms with Crippen LogP contribution in [0.1, 0.15) is 33.2 Å². The van der Waals surface area contributed by atoms with E-state index in [0.717, 1.165) is 10.5 Å². The summed E-state index contributed by atoms with van der Waals surface area (Å²) in [6, 6.07) is 11.6. The summed E-state index contributed by atoms with van der Waals surface area (Å²) in [7, 11) is -3.38. The maximum atomic E-state index is 12.4. The molecule has 0 fully saturated rings. The number of carbonyl (C=O) groups excluding carboxylic acids is 2. The monoisotopic (exact) mass is 419 g/mol. The van der Waals surface area contributed by atoms with Crippen LogP contribution in [0, 0.1) is 0 Å². The summed E-state index contributed by atoms with van der Waals surface area (Å²) in [5.41, 5.74) is 2.17. The molecule has 3 rings (SSSR count). The third-order valence-corrected chi connectivity index (χ3v) is 6.59. The molecule has 148 valence electrons. The number of ether oxygens (including phenoxy) is 1. The van der Waals surface area contributed by atoms with Crippen LogP contribution >= 0.6 is 11.8 Å². The molecule has 0 spiro atoms. The highest BCUT2D eigenvalue weighted by Crippen LogP contribution is 2.34. The number of hydrogen-bond acceptors (Lipinski definition) is 6. The van der Waals surface area contributed by atoms with Crippen LogP contribution < -0.4 is 4.31 Å². The van der Waals surface area contributed by atoms with E-state index < -0.39 is 16.0 Å². The van der Waals surface area contributed by atoms with Crippen LogP contribution in [0.2, 0.25) is 0 Å². The quantitative estimate of drug-likeness (QED) is 0.406. The van der Waals surface area contributed by atoms with Gasteiger partial charge in [-0.2, -0.15) is 0 Å². The van der Waals surface area contributed by atoms with Crippen molar-refractivity contribution in [1.82, 2.24) is 0 Å². The maximum absolute atomic E-state index is 12.4. The molecule has 0 aliphatic carbocycles. The molecule has 2 aromatic rings. The van der Waals surface area contributed by atoms with E-state index in [1.54, 1.807) is 42.1 Å². The molecule has 1 atom stereocenters. The number of esters is 1. The Morgan fingerprint density at radius 1 is 1.14 bits per heavy atom. The molecule has 6 nitrogen and oxygen atoms in total. The molecule has 0 saturated heterocycles. The Kier molecular flexibility index (Phi) is 5.81. The Hall–Kier alpha value is -2.32. The van der Waals surface area contributed by atoms with Crippen LogP contribution in [0.5, 0.6) is 0 Å². The molecule has 28 heavy (non-hydrogen) atoms. The first kappa shape index (κ1) is 20.4. The average molecular weight is 420 g/mol. The van der Waals surface area contributed by atoms with E-state index in [2.05, 4.69) is 0 Å². The highest BCUT2D eigenvalue weighted by molar-refractivity contribution is 7.98. The fourth-order valence-corrected chi connectivity index (χ4v) is 4.98. The van der Waals surface area contributed by atoms with Crippen LogP contribution in [0.4, 0.5) is 5.69 Å². The van der Waals surface area contributed by atoms with Crippen molar-refractivity contribution in [2.45, 2.75) is 24.3 Å². The van der Waals surface area contributed by atoms with Crippen molar-refractivity contribution in [1.29, 1.82) is 0 Å². The highest BCUT2D eigenvalue weighted by Gasteiger charge is 2.32. The first-order valence-electron chi connectivity index (χ1n) is 8.67. The summed E-state index contributed by atoms with van der Waals surface area (Å²) in [5, 5.41) is 0. The van der Waals surface area contributed by atoms with Crippen molar-refractivity contribution in [3.8, 4) is 0 Å². The van der Waals surface area contributed by atoms with E-state index in [0.29, 0.717) is 23.2 Å². The lowest BCUT2D eigenvalue weighted by Gasteiger charge is -2.21. The van der Waals surface area contributed by atoms with Crippen LogP contribution in [-0.4, -0.2) is 45.3 Å². The highest BCUT2D eigenvalue weighted by atomic mass is 32.2. The fourth-order valence-electron chi connectivity index (χ4n) is 3.31. The first-order valence-corrected chi connectivity index (χ1v) is 11.7. The summed E-state index contributed by atoms with van der Waals surface area (Å²) >= 11 is 1.57. The lowest BCUT2D eigenvalue weighted by molar-refractivity contribution is 0.0474. The van der Waals surface area contributed by atoms with E-state index in [4.69, 9.17) is 4.74 Å². The second kappa shape index (κ2) is 7.97. The van der Waals surface area contributed by atoms with Gasteiger partial charge in [-0.1, -0.05) is 0 Å². The van der Waals surface area contributed by atoms with Gasteiger partial charge in [-0.15, -0.1) is 11.8 Å². The second-order valence-corrected chi connectivity index (χ2v) is 9.42. The Balaban J connectivity index is 1.69. The molecule has 1 aliphatic heterocycles. The summed E-state index contributed by atoms with van der Waals surface area (Å²) in [5.74, 6) is -0.888. The van der Waals surface area contributed by atoms with Gasteiger partial charge in [0, 0.05) is 16.5 Å². The van der Waals surface area contributed by atoms with Gasteiger partial charge in [0.25, 0.3) is 0 Å². The number of fused-ring (bicyclic) bond motifs is 1. The third-order valence-electron chi connectivity index (χ3n) is 4.57. The number of rotatable bonds is 6. The Morgan fingerprint density at radius 3 is 2.39 bits per heavy atom. The minimum Gasteiger partial charge on any atom is -0.454 e. The van der Waals surface area contributed by atoms with Crippen LogP contribution in [0.3, 0.4) is 0 Å². The predicted molar refractivity (Wildman–Crippen MR) is 110 cm³/mol. The largest absolute Gasteiger partial charge is 0.454 e. The predicted octanol–water partition coefficient (Wildman–Crippen LogP) is 3.16. The summed E-state index contributed by atoms with van der Waals surface area (Å²) < 4.78 is 30.5. The molecule has 0 amide bonds. The number of ketones is 1. The number of Topliss-reactive ketones (excluding diaryl/α,β-unsaturated/α-hetero) is 1. The van der Waals surface area contributed by atoms with E-state index >= 15 is 0 Å². The third kappa shape index (κ3) is 4.23. The zero-order valence-electron chi connectivity index (χ0n) is 15.8. The normalized spacial score (nSPS) is 16.0. The molecule has 0 aromatic heterocycles. The minimum atomic E-state index is -3.38. The van der Waals surface area contributed by atoms with E-state index in [1.165, 1.54) is 10.6 Å². The van der Waals surface area contributed by atoms with E-state index in [9.17, 15) is 18.0 Å². The summed E-state index contributed by atoms with van der Waals surface area (Å²) in [6.07, 6.45) is 3.65. The van der Waals surface area contributed by atoms with Crippen LogP contribution in [-0.2, 0) is 21.2 Å². The van der Waals surface area contributed by atoms with Crippen molar-refractivity contribution in [3.63, 3.8) is 0 Å². The number of hydrogen-bond donors (Lipinski definition) is 0. The van der Waals surface area contributed by atoms with Crippen LogP contribution in [0.25, 0.3) is 0 Å². The van der Waals surface area contributed by atoms with Gasteiger partial charge in [-0.05, 0) is 67.6 Å². The number of carbonyl (C=O) groups is 2. The zero-order valence-corrected chi connectivity index (χ0v) is 17.5. The Morgan fingerprint density at radius 2 is 1.79 bits per heavy atom. The SMILES string of the molecule is CSc1ccc(C(=O)OCC(=O)c2ccc3c(c2)C[C@H](C)N3S(C)(=O)=O)cc1. The van der Waals surface area contributed by atoms with Gasteiger partial charge in [0.15, 0.2) is 12.4 Å². The van der Waals surface area contributed by atoms with Gasteiger partial charge in [-0.3, -0.25) is 9.10 Å². The van der Waals surface area contributed by atoms with Crippen molar-refractivity contribution in [2.24, 2.45) is 0 Å². The Bertz CT molecular complexity index is 1020. The lowest BCUT2D eigenvalue weighted by atomic mass is 10.0. The van der Waals surface area contributed by atoms with Gasteiger partial charge in [0.2, 0.25) is 10.0 Å². The number of thioether (sulfide) groups is 1. The van der Waals surface area contributed by atoms with Gasteiger partial charge in [-0.25, -0.2) is 13.2 Å².